The highest BCUT2D eigenvalue weighted by atomic mass is 16.5. The molecule has 0 atom stereocenters. The number of fused-ring (bicyclic) bond motifs is 1. The number of hydrogen-bond donors (Lipinski definition) is 1. The standard InChI is InChI=1S/C15H18N2O/c1-3-4-5-9-16-15-14-11-13(18-2)7-6-12(14)8-10-17-15/h3-4,6-8,10-11H,5,9H2,1-2H3,(H,16,17)/b4-3+. The maximum atomic E-state index is 5.25. The molecule has 0 bridgehead atoms. The molecule has 0 amide bonds. The highest BCUT2D eigenvalue weighted by Crippen LogP contribution is 2.25. The minimum Gasteiger partial charge on any atom is -0.497 e. The van der Waals surface area contributed by atoms with Crippen LogP contribution in [-0.4, -0.2) is 18.6 Å². The summed E-state index contributed by atoms with van der Waals surface area (Å²) in [5.74, 6) is 1.77. The minimum atomic E-state index is 0.854. The second kappa shape index (κ2) is 6.05. The Kier molecular flexibility index (Phi) is 4.18. The van der Waals surface area contributed by atoms with Crippen molar-refractivity contribution in [1.29, 1.82) is 0 Å². The number of hydrogen-bond acceptors (Lipinski definition) is 3. The van der Waals surface area contributed by atoms with E-state index in [9.17, 15) is 0 Å². The molecular formula is C15H18N2O. The molecule has 1 heterocycles. The summed E-state index contributed by atoms with van der Waals surface area (Å²) in [5, 5.41) is 5.62. The van der Waals surface area contributed by atoms with Crippen LogP contribution in [0.15, 0.2) is 42.6 Å². The Morgan fingerprint density at radius 2 is 2.22 bits per heavy atom. The van der Waals surface area contributed by atoms with E-state index in [1.54, 1.807) is 7.11 Å². The Hall–Kier alpha value is -2.03. The number of nitrogens with one attached hydrogen (secondary N) is 1. The van der Waals surface area contributed by atoms with Crippen molar-refractivity contribution < 1.29 is 4.74 Å². The lowest BCUT2D eigenvalue weighted by Crippen LogP contribution is -2.02. The van der Waals surface area contributed by atoms with Gasteiger partial charge in [-0.2, -0.15) is 0 Å². The fraction of sp³-hybridized carbons (Fsp3) is 0.267. The van der Waals surface area contributed by atoms with Crippen molar-refractivity contribution >= 4 is 16.6 Å². The summed E-state index contributed by atoms with van der Waals surface area (Å²) in [5.41, 5.74) is 0. The van der Waals surface area contributed by atoms with Crippen molar-refractivity contribution in [2.45, 2.75) is 13.3 Å². The Morgan fingerprint density at radius 1 is 1.33 bits per heavy atom. The van der Waals surface area contributed by atoms with E-state index in [-0.39, 0.29) is 0 Å². The summed E-state index contributed by atoms with van der Waals surface area (Å²) in [6.07, 6.45) is 7.02. The van der Waals surface area contributed by atoms with Gasteiger partial charge in [0.2, 0.25) is 0 Å². The van der Waals surface area contributed by atoms with Crippen LogP contribution in [0.5, 0.6) is 5.75 Å². The zero-order valence-electron chi connectivity index (χ0n) is 10.8. The molecule has 0 fully saturated rings. The van der Waals surface area contributed by atoms with Crippen molar-refractivity contribution in [3.05, 3.63) is 42.6 Å². The summed E-state index contributed by atoms with van der Waals surface area (Å²) >= 11 is 0. The zero-order valence-corrected chi connectivity index (χ0v) is 10.8. The van der Waals surface area contributed by atoms with E-state index in [1.165, 1.54) is 5.39 Å². The van der Waals surface area contributed by atoms with Crippen molar-refractivity contribution in [1.82, 2.24) is 4.98 Å². The molecule has 0 aliphatic heterocycles. The molecule has 0 spiro atoms. The molecule has 1 aromatic heterocycles. The van der Waals surface area contributed by atoms with Gasteiger partial charge in [0.15, 0.2) is 0 Å². The first-order chi connectivity index (χ1) is 8.85. The second-order valence-corrected chi connectivity index (χ2v) is 4.03. The minimum absolute atomic E-state index is 0.854. The van der Waals surface area contributed by atoms with Gasteiger partial charge in [-0.05, 0) is 36.9 Å². The number of anilines is 1. The van der Waals surface area contributed by atoms with Crippen LogP contribution in [0.3, 0.4) is 0 Å². The van der Waals surface area contributed by atoms with Gasteiger partial charge in [0.1, 0.15) is 11.6 Å². The molecule has 1 N–H and O–H groups in total. The largest absolute Gasteiger partial charge is 0.497 e. The SMILES string of the molecule is C/C=C/CCNc1nccc2ccc(OC)cc12. The molecule has 1 aromatic carbocycles. The molecule has 0 unspecified atom stereocenters. The smallest absolute Gasteiger partial charge is 0.133 e. The van der Waals surface area contributed by atoms with Crippen LogP contribution in [0.25, 0.3) is 10.8 Å². The molecule has 0 saturated heterocycles. The van der Waals surface area contributed by atoms with E-state index in [1.807, 2.05) is 37.4 Å². The van der Waals surface area contributed by atoms with Crippen molar-refractivity contribution in [3.63, 3.8) is 0 Å². The zero-order chi connectivity index (χ0) is 12.8. The van der Waals surface area contributed by atoms with E-state index in [0.717, 1.165) is 29.9 Å². The van der Waals surface area contributed by atoms with E-state index >= 15 is 0 Å². The van der Waals surface area contributed by atoms with Gasteiger partial charge in [0.05, 0.1) is 7.11 Å². The van der Waals surface area contributed by atoms with Gasteiger partial charge < -0.3 is 10.1 Å². The molecule has 3 heteroatoms. The van der Waals surface area contributed by atoms with Gasteiger partial charge >= 0.3 is 0 Å². The molecule has 0 saturated carbocycles. The summed E-state index contributed by atoms with van der Waals surface area (Å²) in [6, 6.07) is 8.03. The van der Waals surface area contributed by atoms with Crippen LogP contribution in [0.1, 0.15) is 13.3 Å². The van der Waals surface area contributed by atoms with Crippen molar-refractivity contribution in [2.75, 3.05) is 19.0 Å². The molecule has 2 aromatic rings. The molecule has 94 valence electrons. The maximum absolute atomic E-state index is 5.25. The monoisotopic (exact) mass is 242 g/mol. The number of aromatic nitrogens is 1. The lowest BCUT2D eigenvalue weighted by atomic mass is 10.1. The van der Waals surface area contributed by atoms with Gasteiger partial charge in [-0.25, -0.2) is 4.98 Å². The molecular weight excluding hydrogens is 224 g/mol. The maximum Gasteiger partial charge on any atom is 0.133 e. The number of pyridine rings is 1. The normalized spacial score (nSPS) is 11.0. The van der Waals surface area contributed by atoms with E-state index in [2.05, 4.69) is 22.5 Å². The molecule has 3 nitrogen and oxygen atoms in total. The van der Waals surface area contributed by atoms with E-state index in [4.69, 9.17) is 4.74 Å². The van der Waals surface area contributed by atoms with E-state index in [0.29, 0.717) is 0 Å². The Morgan fingerprint density at radius 3 is 3.00 bits per heavy atom. The fourth-order valence-corrected chi connectivity index (χ4v) is 1.86. The highest BCUT2D eigenvalue weighted by molar-refractivity contribution is 5.92. The summed E-state index contributed by atoms with van der Waals surface area (Å²) in [6.45, 7) is 2.91. The highest BCUT2D eigenvalue weighted by Gasteiger charge is 2.02. The average Bonchev–Trinajstić information content (AvgIpc) is 2.43. The van der Waals surface area contributed by atoms with E-state index < -0.39 is 0 Å². The lowest BCUT2D eigenvalue weighted by molar-refractivity contribution is 0.415. The first-order valence-electron chi connectivity index (χ1n) is 6.13. The van der Waals surface area contributed by atoms with Crippen LogP contribution in [0.4, 0.5) is 5.82 Å². The van der Waals surface area contributed by atoms with Crippen LogP contribution in [-0.2, 0) is 0 Å². The summed E-state index contributed by atoms with van der Waals surface area (Å²) in [4.78, 5) is 4.39. The first kappa shape index (κ1) is 12.4. The number of rotatable bonds is 5. The van der Waals surface area contributed by atoms with Crippen LogP contribution in [0.2, 0.25) is 0 Å². The fourth-order valence-electron chi connectivity index (χ4n) is 1.86. The number of methoxy groups -OCH3 is 1. The Bertz CT molecular complexity index is 549. The lowest BCUT2D eigenvalue weighted by Gasteiger charge is -2.09. The molecule has 0 aliphatic carbocycles. The van der Waals surface area contributed by atoms with Crippen LogP contribution in [0, 0.1) is 0 Å². The Balaban J connectivity index is 2.25. The number of benzene rings is 1. The Labute approximate surface area is 107 Å². The van der Waals surface area contributed by atoms with Gasteiger partial charge in [-0.3, -0.25) is 0 Å². The second-order valence-electron chi connectivity index (χ2n) is 4.03. The topological polar surface area (TPSA) is 34.2 Å². The van der Waals surface area contributed by atoms with Gasteiger partial charge in [-0.15, -0.1) is 0 Å². The predicted molar refractivity (Wildman–Crippen MR) is 76.2 cm³/mol. The number of allylic oxidation sites excluding steroid dienone is 1. The van der Waals surface area contributed by atoms with Crippen molar-refractivity contribution in [2.24, 2.45) is 0 Å². The van der Waals surface area contributed by atoms with Gasteiger partial charge in [0, 0.05) is 18.1 Å². The average molecular weight is 242 g/mol. The van der Waals surface area contributed by atoms with Gasteiger partial charge in [-0.1, -0.05) is 18.2 Å². The van der Waals surface area contributed by atoms with Gasteiger partial charge in [0.25, 0.3) is 0 Å². The summed E-state index contributed by atoms with van der Waals surface area (Å²) < 4.78 is 5.25. The first-order valence-corrected chi connectivity index (χ1v) is 6.13. The number of nitrogens with zero attached hydrogens (tertiary/aromatic N) is 1. The van der Waals surface area contributed by atoms with Crippen LogP contribution >= 0.6 is 0 Å². The number of ether oxygens (including phenoxy) is 1. The van der Waals surface area contributed by atoms with Crippen LogP contribution < -0.4 is 10.1 Å². The molecule has 18 heavy (non-hydrogen) atoms. The molecule has 0 aliphatic rings. The third-order valence-corrected chi connectivity index (χ3v) is 2.81. The predicted octanol–water partition coefficient (Wildman–Crippen LogP) is 3.62. The summed E-state index contributed by atoms with van der Waals surface area (Å²) in [7, 11) is 1.68. The quantitative estimate of drug-likeness (QED) is 0.642. The van der Waals surface area contributed by atoms with Crippen molar-refractivity contribution in [3.8, 4) is 5.75 Å². The molecule has 0 radical (unpaired) electrons. The third kappa shape index (κ3) is 2.80. The third-order valence-electron chi connectivity index (χ3n) is 2.81. The molecule has 2 rings (SSSR count).